The van der Waals surface area contributed by atoms with Crippen LogP contribution in [0.1, 0.15) is 40.5 Å². The number of nitrogens with zero attached hydrogens (tertiary/aromatic N) is 1. The molecule has 2 unspecified atom stereocenters. The van der Waals surface area contributed by atoms with Crippen molar-refractivity contribution >= 4 is 5.91 Å². The first kappa shape index (κ1) is 16.4. The van der Waals surface area contributed by atoms with Gasteiger partial charge >= 0.3 is 0 Å². The Kier molecular flexibility index (Phi) is 8.17. The van der Waals surface area contributed by atoms with Crippen LogP contribution < -0.4 is 11.1 Å². The van der Waals surface area contributed by atoms with Gasteiger partial charge in [-0.15, -0.1) is 0 Å². The van der Waals surface area contributed by atoms with Crippen LogP contribution in [0.3, 0.4) is 0 Å². The van der Waals surface area contributed by atoms with Crippen molar-refractivity contribution in [1.82, 2.24) is 10.2 Å². The molecular weight excluding hydrogens is 214 g/mol. The van der Waals surface area contributed by atoms with E-state index in [0.717, 1.165) is 25.9 Å². The number of rotatable bonds is 8. The molecule has 3 N–H and O–H groups in total. The summed E-state index contributed by atoms with van der Waals surface area (Å²) in [5.74, 6) is 0.597. The molecule has 0 aromatic carbocycles. The van der Waals surface area contributed by atoms with Crippen molar-refractivity contribution in [1.29, 1.82) is 0 Å². The van der Waals surface area contributed by atoms with E-state index in [1.165, 1.54) is 0 Å². The number of likely N-dealkylation sites (N-methyl/N-ethyl adjacent to an activating group) is 1. The molecule has 17 heavy (non-hydrogen) atoms. The van der Waals surface area contributed by atoms with Gasteiger partial charge in [0.1, 0.15) is 0 Å². The lowest BCUT2D eigenvalue weighted by Gasteiger charge is -2.26. The van der Waals surface area contributed by atoms with Gasteiger partial charge in [-0.1, -0.05) is 20.8 Å². The van der Waals surface area contributed by atoms with Gasteiger partial charge in [-0.2, -0.15) is 0 Å². The molecule has 0 aliphatic carbocycles. The van der Waals surface area contributed by atoms with E-state index in [0.29, 0.717) is 5.92 Å². The van der Waals surface area contributed by atoms with Crippen LogP contribution in [0.15, 0.2) is 0 Å². The second-order valence-electron chi connectivity index (χ2n) is 5.14. The van der Waals surface area contributed by atoms with E-state index >= 15 is 0 Å². The predicted molar refractivity (Wildman–Crippen MR) is 72.8 cm³/mol. The third-order valence-electron chi connectivity index (χ3n) is 3.26. The van der Waals surface area contributed by atoms with Crippen LogP contribution in [0.2, 0.25) is 0 Å². The molecule has 1 amide bonds. The van der Waals surface area contributed by atoms with Gasteiger partial charge in [0.25, 0.3) is 0 Å². The van der Waals surface area contributed by atoms with E-state index in [2.05, 4.69) is 31.0 Å². The van der Waals surface area contributed by atoms with E-state index in [4.69, 9.17) is 5.73 Å². The van der Waals surface area contributed by atoms with E-state index < -0.39 is 0 Å². The Labute approximate surface area is 106 Å². The summed E-state index contributed by atoms with van der Waals surface area (Å²) in [6, 6.07) is 0.129. The molecule has 0 radical (unpaired) electrons. The van der Waals surface area contributed by atoms with Gasteiger partial charge in [0.05, 0.1) is 6.04 Å². The lowest BCUT2D eigenvalue weighted by Crippen LogP contribution is -2.45. The standard InChI is InChI=1S/C13H29N3O/c1-6-8-15-13(17)11(4)16(5)9-7-12(14)10(2)3/h10-12H,6-9,14H2,1-5H3,(H,15,17). The number of carbonyl (C=O) groups excluding carboxylic acids is 1. The number of nitrogens with one attached hydrogen (secondary N) is 1. The molecule has 0 saturated carbocycles. The maximum absolute atomic E-state index is 11.7. The zero-order chi connectivity index (χ0) is 13.4. The van der Waals surface area contributed by atoms with Gasteiger partial charge in [0.15, 0.2) is 0 Å². The molecule has 4 nitrogen and oxygen atoms in total. The van der Waals surface area contributed by atoms with Crippen LogP contribution in [-0.2, 0) is 4.79 Å². The van der Waals surface area contributed by atoms with Crippen molar-refractivity contribution in [2.45, 2.75) is 52.6 Å². The summed E-state index contributed by atoms with van der Waals surface area (Å²) < 4.78 is 0. The predicted octanol–water partition coefficient (Wildman–Crippen LogP) is 1.21. The monoisotopic (exact) mass is 243 g/mol. The molecule has 2 atom stereocenters. The second-order valence-corrected chi connectivity index (χ2v) is 5.14. The second kappa shape index (κ2) is 8.48. The van der Waals surface area contributed by atoms with Crippen LogP contribution in [-0.4, -0.2) is 43.0 Å². The van der Waals surface area contributed by atoms with Gasteiger partial charge in [0, 0.05) is 19.1 Å². The normalized spacial score (nSPS) is 15.1. The molecular formula is C13H29N3O. The molecule has 0 aliphatic heterocycles. The first-order valence-corrected chi connectivity index (χ1v) is 6.63. The lowest BCUT2D eigenvalue weighted by atomic mass is 10.0. The smallest absolute Gasteiger partial charge is 0.237 e. The Morgan fingerprint density at radius 1 is 1.35 bits per heavy atom. The molecule has 0 fully saturated rings. The summed E-state index contributed by atoms with van der Waals surface area (Å²) in [5, 5.41) is 2.91. The highest BCUT2D eigenvalue weighted by molar-refractivity contribution is 5.81. The van der Waals surface area contributed by atoms with Crippen molar-refractivity contribution in [2.24, 2.45) is 11.7 Å². The summed E-state index contributed by atoms with van der Waals surface area (Å²) in [5.41, 5.74) is 5.99. The van der Waals surface area contributed by atoms with Crippen molar-refractivity contribution < 1.29 is 4.79 Å². The van der Waals surface area contributed by atoms with Crippen LogP contribution in [0.5, 0.6) is 0 Å². The van der Waals surface area contributed by atoms with E-state index in [1.807, 2.05) is 14.0 Å². The summed E-state index contributed by atoms with van der Waals surface area (Å²) in [4.78, 5) is 13.8. The molecule has 0 aliphatic rings. The van der Waals surface area contributed by atoms with E-state index in [9.17, 15) is 4.79 Å². The summed E-state index contributed by atoms with van der Waals surface area (Å²) in [6.45, 7) is 9.86. The molecule has 4 heteroatoms. The molecule has 0 heterocycles. The molecule has 0 spiro atoms. The quantitative estimate of drug-likeness (QED) is 0.673. The molecule has 0 saturated heterocycles. The van der Waals surface area contributed by atoms with E-state index in [-0.39, 0.29) is 18.0 Å². The third kappa shape index (κ3) is 6.64. The summed E-state index contributed by atoms with van der Waals surface area (Å²) in [6.07, 6.45) is 1.90. The number of hydrogen-bond acceptors (Lipinski definition) is 3. The lowest BCUT2D eigenvalue weighted by molar-refractivity contribution is -0.125. The van der Waals surface area contributed by atoms with Crippen LogP contribution in [0.25, 0.3) is 0 Å². The van der Waals surface area contributed by atoms with Crippen molar-refractivity contribution in [2.75, 3.05) is 20.1 Å². The fraction of sp³-hybridized carbons (Fsp3) is 0.923. The average molecular weight is 243 g/mol. The number of carbonyl (C=O) groups is 1. The zero-order valence-corrected chi connectivity index (χ0v) is 12.0. The Morgan fingerprint density at radius 3 is 2.41 bits per heavy atom. The number of hydrogen-bond donors (Lipinski definition) is 2. The molecule has 0 aromatic rings. The van der Waals surface area contributed by atoms with Crippen LogP contribution in [0, 0.1) is 5.92 Å². The minimum atomic E-state index is -0.0825. The maximum atomic E-state index is 11.7. The average Bonchev–Trinajstić information content (AvgIpc) is 2.31. The maximum Gasteiger partial charge on any atom is 0.237 e. The van der Waals surface area contributed by atoms with Crippen molar-refractivity contribution in [3.05, 3.63) is 0 Å². The van der Waals surface area contributed by atoms with Gasteiger partial charge < -0.3 is 11.1 Å². The Balaban J connectivity index is 3.96. The van der Waals surface area contributed by atoms with Crippen LogP contribution in [0.4, 0.5) is 0 Å². The fourth-order valence-electron chi connectivity index (χ4n) is 1.48. The Hall–Kier alpha value is -0.610. The summed E-state index contributed by atoms with van der Waals surface area (Å²) >= 11 is 0. The number of nitrogens with two attached hydrogens (primary N) is 1. The Bertz CT molecular complexity index is 219. The third-order valence-corrected chi connectivity index (χ3v) is 3.26. The minimum absolute atomic E-state index is 0.0825. The topological polar surface area (TPSA) is 58.4 Å². The fourth-order valence-corrected chi connectivity index (χ4v) is 1.48. The largest absolute Gasteiger partial charge is 0.355 e. The van der Waals surface area contributed by atoms with Gasteiger partial charge in [-0.05, 0) is 32.7 Å². The van der Waals surface area contributed by atoms with Gasteiger partial charge in [-0.25, -0.2) is 0 Å². The highest BCUT2D eigenvalue weighted by Gasteiger charge is 2.18. The first-order valence-electron chi connectivity index (χ1n) is 6.63. The van der Waals surface area contributed by atoms with Crippen LogP contribution >= 0.6 is 0 Å². The Morgan fingerprint density at radius 2 is 1.94 bits per heavy atom. The summed E-state index contributed by atoms with van der Waals surface area (Å²) in [7, 11) is 1.98. The molecule has 0 aromatic heterocycles. The number of amides is 1. The first-order chi connectivity index (χ1) is 7.90. The molecule has 0 bridgehead atoms. The SMILES string of the molecule is CCCNC(=O)C(C)N(C)CCC(N)C(C)C. The van der Waals surface area contributed by atoms with Gasteiger partial charge in [-0.3, -0.25) is 9.69 Å². The van der Waals surface area contributed by atoms with Crippen molar-refractivity contribution in [3.8, 4) is 0 Å². The van der Waals surface area contributed by atoms with E-state index in [1.54, 1.807) is 0 Å². The zero-order valence-electron chi connectivity index (χ0n) is 12.0. The highest BCUT2D eigenvalue weighted by Crippen LogP contribution is 2.05. The molecule has 0 rings (SSSR count). The van der Waals surface area contributed by atoms with Crippen molar-refractivity contribution in [3.63, 3.8) is 0 Å². The molecule has 102 valence electrons. The van der Waals surface area contributed by atoms with Gasteiger partial charge in [0.2, 0.25) is 5.91 Å². The highest BCUT2D eigenvalue weighted by atomic mass is 16.2. The minimum Gasteiger partial charge on any atom is -0.355 e.